The molecule has 0 saturated heterocycles. The lowest BCUT2D eigenvalue weighted by Crippen LogP contribution is -2.02. The van der Waals surface area contributed by atoms with Crippen molar-refractivity contribution in [3.8, 4) is 0 Å². The molecule has 0 aliphatic carbocycles. The summed E-state index contributed by atoms with van der Waals surface area (Å²) in [6.45, 7) is 3.76. The van der Waals surface area contributed by atoms with Gasteiger partial charge in [-0.1, -0.05) is 99.7 Å². The average Bonchev–Trinajstić information content (AvgIpc) is 2.72. The molecule has 0 aliphatic heterocycles. The third kappa shape index (κ3) is 10.6. The molecule has 3 heteroatoms. The Balaban J connectivity index is 1.69. The van der Waals surface area contributed by atoms with Crippen LogP contribution in [0.5, 0.6) is 0 Å². The monoisotopic (exact) mass is 386 g/mol. The van der Waals surface area contributed by atoms with Gasteiger partial charge < -0.3 is 9.05 Å². The molecule has 0 aromatic heterocycles. The molecule has 0 radical (unpaired) electrons. The highest BCUT2D eigenvalue weighted by Gasteiger charge is 2.11. The standard InChI is InChI=1S/C24H35O2P/c1-2-3-4-5-6-13-22-27(25-20-18-23-14-9-7-10-15-23)26-21-19-24-16-11-8-12-17-24/h7-12,14-17H,2-6,13,18-22H2,1H3. The zero-order chi connectivity index (χ0) is 19.0. The molecule has 2 aromatic rings. The van der Waals surface area contributed by atoms with Crippen LogP contribution in [-0.2, 0) is 21.9 Å². The molecule has 0 unspecified atom stereocenters. The van der Waals surface area contributed by atoms with Gasteiger partial charge >= 0.3 is 0 Å². The fourth-order valence-electron chi connectivity index (χ4n) is 3.01. The maximum atomic E-state index is 6.15. The summed E-state index contributed by atoms with van der Waals surface area (Å²) in [5.41, 5.74) is 2.66. The summed E-state index contributed by atoms with van der Waals surface area (Å²) in [6, 6.07) is 21.1. The molecule has 0 spiro atoms. The van der Waals surface area contributed by atoms with E-state index in [9.17, 15) is 0 Å². The number of unbranched alkanes of at least 4 members (excludes halogenated alkanes) is 5. The van der Waals surface area contributed by atoms with Gasteiger partial charge in [0.2, 0.25) is 0 Å². The van der Waals surface area contributed by atoms with Gasteiger partial charge in [-0.15, -0.1) is 0 Å². The van der Waals surface area contributed by atoms with Crippen LogP contribution < -0.4 is 0 Å². The molecule has 0 saturated carbocycles. The second kappa shape index (κ2) is 14.8. The van der Waals surface area contributed by atoms with Gasteiger partial charge in [-0.2, -0.15) is 0 Å². The molecule has 2 nitrogen and oxygen atoms in total. The molecule has 0 aliphatic rings. The van der Waals surface area contributed by atoms with E-state index in [0.29, 0.717) is 0 Å². The van der Waals surface area contributed by atoms with Gasteiger partial charge in [0.15, 0.2) is 8.38 Å². The minimum atomic E-state index is -0.778. The lowest BCUT2D eigenvalue weighted by atomic mass is 10.1. The first kappa shape index (κ1) is 22.1. The molecule has 0 amide bonds. The fourth-order valence-corrected chi connectivity index (χ4v) is 4.41. The van der Waals surface area contributed by atoms with E-state index in [0.717, 1.165) is 32.2 Å². The van der Waals surface area contributed by atoms with Crippen LogP contribution in [0.3, 0.4) is 0 Å². The molecule has 0 fully saturated rings. The molecule has 148 valence electrons. The van der Waals surface area contributed by atoms with Crippen molar-refractivity contribution in [2.24, 2.45) is 0 Å². The maximum Gasteiger partial charge on any atom is 0.170 e. The predicted molar refractivity (Wildman–Crippen MR) is 117 cm³/mol. The van der Waals surface area contributed by atoms with Gasteiger partial charge in [-0.05, 0) is 30.4 Å². The number of rotatable bonds is 15. The Hall–Kier alpha value is -1.21. The SMILES string of the molecule is CCCCCCCCP(OCCc1ccccc1)OCCc1ccccc1. The zero-order valence-electron chi connectivity index (χ0n) is 16.8. The Kier molecular flexibility index (Phi) is 12.1. The van der Waals surface area contributed by atoms with E-state index in [1.54, 1.807) is 0 Å². The highest BCUT2D eigenvalue weighted by molar-refractivity contribution is 7.47. The van der Waals surface area contributed by atoms with Crippen molar-refractivity contribution in [3.63, 3.8) is 0 Å². The van der Waals surface area contributed by atoms with E-state index in [1.807, 2.05) is 0 Å². The normalized spacial score (nSPS) is 11.2. The first-order valence-corrected chi connectivity index (χ1v) is 11.9. The topological polar surface area (TPSA) is 18.5 Å². The van der Waals surface area contributed by atoms with E-state index < -0.39 is 8.38 Å². The van der Waals surface area contributed by atoms with Crippen molar-refractivity contribution in [1.29, 1.82) is 0 Å². The van der Waals surface area contributed by atoms with Crippen LogP contribution in [0.2, 0.25) is 0 Å². The van der Waals surface area contributed by atoms with E-state index in [2.05, 4.69) is 67.6 Å². The fraction of sp³-hybridized carbons (Fsp3) is 0.500. The molecule has 2 aromatic carbocycles. The Morgan fingerprint density at radius 1 is 0.630 bits per heavy atom. The molecule has 0 atom stereocenters. The van der Waals surface area contributed by atoms with Gasteiger partial charge in [-0.25, -0.2) is 0 Å². The second-order valence-electron chi connectivity index (χ2n) is 6.96. The van der Waals surface area contributed by atoms with Crippen molar-refractivity contribution in [1.82, 2.24) is 0 Å². The zero-order valence-corrected chi connectivity index (χ0v) is 17.7. The first-order chi connectivity index (χ1) is 13.4. The molecule has 0 heterocycles. The lowest BCUT2D eigenvalue weighted by molar-refractivity contribution is 0.252. The Bertz CT molecular complexity index is 528. The van der Waals surface area contributed by atoms with Gasteiger partial charge in [-0.3, -0.25) is 0 Å². The summed E-state index contributed by atoms with van der Waals surface area (Å²) in [4.78, 5) is 0. The molecule has 2 rings (SSSR count). The first-order valence-electron chi connectivity index (χ1n) is 10.5. The summed E-state index contributed by atoms with van der Waals surface area (Å²) in [7, 11) is -0.778. The summed E-state index contributed by atoms with van der Waals surface area (Å²) in [5, 5.41) is 0. The molecular formula is C24H35O2P. The predicted octanol–water partition coefficient (Wildman–Crippen LogP) is 7.18. The van der Waals surface area contributed by atoms with Crippen LogP contribution in [0.1, 0.15) is 56.6 Å². The van der Waals surface area contributed by atoms with Crippen LogP contribution in [0.15, 0.2) is 60.7 Å². The summed E-state index contributed by atoms with van der Waals surface area (Å²) >= 11 is 0. The van der Waals surface area contributed by atoms with E-state index in [1.165, 1.54) is 49.7 Å². The summed E-state index contributed by atoms with van der Waals surface area (Å²) in [5.74, 6) is 0. The van der Waals surface area contributed by atoms with Crippen LogP contribution in [0.4, 0.5) is 0 Å². The van der Waals surface area contributed by atoms with E-state index in [-0.39, 0.29) is 0 Å². The molecule has 0 bridgehead atoms. The van der Waals surface area contributed by atoms with Crippen LogP contribution in [-0.4, -0.2) is 19.4 Å². The van der Waals surface area contributed by atoms with Gasteiger partial charge in [0.05, 0.1) is 13.2 Å². The average molecular weight is 387 g/mol. The van der Waals surface area contributed by atoms with Gasteiger partial charge in [0, 0.05) is 6.16 Å². The Labute approximate surface area is 167 Å². The third-order valence-corrected chi connectivity index (χ3v) is 6.25. The summed E-state index contributed by atoms with van der Waals surface area (Å²) in [6.07, 6.45) is 10.8. The van der Waals surface area contributed by atoms with Crippen LogP contribution in [0, 0.1) is 0 Å². The van der Waals surface area contributed by atoms with Crippen molar-refractivity contribution < 1.29 is 9.05 Å². The van der Waals surface area contributed by atoms with Crippen molar-refractivity contribution in [3.05, 3.63) is 71.8 Å². The minimum Gasteiger partial charge on any atom is -0.334 e. The van der Waals surface area contributed by atoms with Crippen molar-refractivity contribution in [2.75, 3.05) is 19.4 Å². The number of hydrogen-bond acceptors (Lipinski definition) is 2. The van der Waals surface area contributed by atoms with E-state index >= 15 is 0 Å². The summed E-state index contributed by atoms with van der Waals surface area (Å²) < 4.78 is 12.3. The number of benzene rings is 2. The molecule has 27 heavy (non-hydrogen) atoms. The van der Waals surface area contributed by atoms with Gasteiger partial charge in [0.1, 0.15) is 0 Å². The minimum absolute atomic E-state index is 0.747. The van der Waals surface area contributed by atoms with Crippen molar-refractivity contribution >= 4 is 8.38 Å². The van der Waals surface area contributed by atoms with Crippen molar-refractivity contribution in [2.45, 2.75) is 58.3 Å². The van der Waals surface area contributed by atoms with Crippen LogP contribution >= 0.6 is 8.38 Å². The molecular weight excluding hydrogens is 351 g/mol. The van der Waals surface area contributed by atoms with E-state index in [4.69, 9.17) is 9.05 Å². The highest BCUT2D eigenvalue weighted by atomic mass is 31.2. The smallest absolute Gasteiger partial charge is 0.170 e. The molecule has 0 N–H and O–H groups in total. The van der Waals surface area contributed by atoms with Gasteiger partial charge in [0.25, 0.3) is 0 Å². The Morgan fingerprint density at radius 2 is 1.11 bits per heavy atom. The third-order valence-electron chi connectivity index (χ3n) is 4.63. The largest absolute Gasteiger partial charge is 0.334 e. The second-order valence-corrected chi connectivity index (χ2v) is 8.59. The lowest BCUT2D eigenvalue weighted by Gasteiger charge is -2.18. The number of hydrogen-bond donors (Lipinski definition) is 0. The van der Waals surface area contributed by atoms with Crippen LogP contribution in [0.25, 0.3) is 0 Å². The quantitative estimate of drug-likeness (QED) is 0.238. The highest BCUT2D eigenvalue weighted by Crippen LogP contribution is 2.39. The Morgan fingerprint density at radius 3 is 1.63 bits per heavy atom. The maximum absolute atomic E-state index is 6.15.